The number of hydrogen-bond donors (Lipinski definition) is 0. The number of rotatable bonds is 4. The van der Waals surface area contributed by atoms with Gasteiger partial charge in [0.05, 0.1) is 22.7 Å². The monoisotopic (exact) mass is 760 g/mol. The second kappa shape index (κ2) is 13.3. The molecule has 0 fully saturated rings. The zero-order valence-electron chi connectivity index (χ0n) is 31.8. The highest BCUT2D eigenvalue weighted by molar-refractivity contribution is 8.00. The molecule has 1 atom stereocenters. The minimum Gasteiger partial charge on any atom is -0.341 e. The fourth-order valence-corrected chi connectivity index (χ4v) is 10.6. The maximum atomic E-state index is 5.11. The molecule has 0 aliphatic carbocycles. The van der Waals surface area contributed by atoms with Gasteiger partial charge in [-0.3, -0.25) is 0 Å². The van der Waals surface area contributed by atoms with E-state index in [1.165, 1.54) is 70.4 Å². The summed E-state index contributed by atoms with van der Waals surface area (Å²) in [5.41, 5.74) is 12.5. The summed E-state index contributed by atoms with van der Waals surface area (Å²) < 4.78 is 5.11. The molecule has 0 bridgehead atoms. The lowest BCUT2D eigenvalue weighted by molar-refractivity contribution is 0.499. The fourth-order valence-electron chi connectivity index (χ4n) is 7.49. The van der Waals surface area contributed by atoms with Crippen molar-refractivity contribution >= 4 is 75.4 Å². The van der Waals surface area contributed by atoms with Gasteiger partial charge < -0.3 is 14.7 Å². The van der Waals surface area contributed by atoms with Crippen molar-refractivity contribution < 1.29 is 0 Å². The van der Waals surface area contributed by atoms with E-state index in [9.17, 15) is 0 Å². The molecule has 3 heterocycles. The average Bonchev–Trinajstić information content (AvgIpc) is 3.55. The Kier molecular flexibility index (Phi) is 8.68. The Labute approximate surface area is 332 Å². The molecule has 54 heavy (non-hydrogen) atoms. The van der Waals surface area contributed by atoms with Gasteiger partial charge in [0.25, 0.3) is 0 Å². The highest BCUT2D eigenvalue weighted by atomic mass is 32.2. The van der Waals surface area contributed by atoms with E-state index in [0.717, 1.165) is 11.4 Å². The normalized spacial score (nSPS) is 16.4. The summed E-state index contributed by atoms with van der Waals surface area (Å²) in [5.74, 6) is 1.00. The first-order valence-electron chi connectivity index (χ1n) is 18.5. The third-order valence-electron chi connectivity index (χ3n) is 10.5. The minimum atomic E-state index is 0.0739. The third-order valence-corrected chi connectivity index (χ3v) is 13.8. The van der Waals surface area contributed by atoms with Crippen molar-refractivity contribution in [2.45, 2.75) is 77.3 Å². The lowest BCUT2D eigenvalue weighted by Crippen LogP contribution is -2.26. The number of amidine groups is 1. The number of anilines is 6. The first-order chi connectivity index (χ1) is 25.9. The van der Waals surface area contributed by atoms with Crippen molar-refractivity contribution in [3.63, 3.8) is 0 Å². The third kappa shape index (κ3) is 6.20. The van der Waals surface area contributed by atoms with Crippen LogP contribution < -0.4 is 9.80 Å². The van der Waals surface area contributed by atoms with E-state index in [-0.39, 0.29) is 16.2 Å². The highest BCUT2D eigenvalue weighted by Gasteiger charge is 2.33. The molecule has 0 radical (unpaired) electrons. The van der Waals surface area contributed by atoms with Gasteiger partial charge >= 0.3 is 0 Å². The first kappa shape index (κ1) is 35.2. The van der Waals surface area contributed by atoms with E-state index in [1.807, 2.05) is 23.5 Å². The summed E-state index contributed by atoms with van der Waals surface area (Å²) in [7, 11) is 2.18. The van der Waals surface area contributed by atoms with Gasteiger partial charge in [-0.15, -0.1) is 0 Å². The molecule has 270 valence electrons. The molecule has 9 rings (SSSR count). The van der Waals surface area contributed by atoms with Crippen LogP contribution in [-0.2, 0) is 10.8 Å². The van der Waals surface area contributed by atoms with Gasteiger partial charge in [-0.2, -0.15) is 4.40 Å². The standard InChI is InChI=1S/C47H44N4S3/c1-46(2,3)32-18-22-34(23-19-32)50-36-12-8-10-14-40(36)52-42-28-30(16-26-38(42)50)44-48-54-45(49(44)7)31-17-27-39-43(29-31)53-41-15-11-9-13-37(41)51(39)35-24-20-33(21-25-35)47(4,5)6/h8-29,45H,1-7H3. The molecule has 0 saturated heterocycles. The van der Waals surface area contributed by atoms with Crippen molar-refractivity contribution in [1.29, 1.82) is 0 Å². The van der Waals surface area contributed by atoms with Gasteiger partial charge in [0.1, 0.15) is 11.2 Å². The molecule has 0 aromatic heterocycles. The Morgan fingerprint density at radius 2 is 0.963 bits per heavy atom. The summed E-state index contributed by atoms with van der Waals surface area (Å²) in [5, 5.41) is 0.0739. The van der Waals surface area contributed by atoms with Crippen molar-refractivity contribution in [2.75, 3.05) is 16.8 Å². The molecule has 0 amide bonds. The van der Waals surface area contributed by atoms with Gasteiger partial charge in [0.15, 0.2) is 0 Å². The van der Waals surface area contributed by atoms with Crippen molar-refractivity contribution in [2.24, 2.45) is 4.40 Å². The van der Waals surface area contributed by atoms with E-state index in [4.69, 9.17) is 4.40 Å². The van der Waals surface area contributed by atoms with E-state index in [0.29, 0.717) is 0 Å². The van der Waals surface area contributed by atoms with Crippen LogP contribution in [0, 0.1) is 0 Å². The molecular formula is C47H44N4S3. The zero-order chi connectivity index (χ0) is 37.4. The van der Waals surface area contributed by atoms with Crippen LogP contribution in [0.1, 0.15) is 69.2 Å². The molecule has 7 heteroatoms. The van der Waals surface area contributed by atoms with Crippen LogP contribution >= 0.6 is 35.5 Å². The maximum Gasteiger partial charge on any atom is 0.145 e. The summed E-state index contributed by atoms with van der Waals surface area (Å²) in [6.45, 7) is 13.6. The van der Waals surface area contributed by atoms with Crippen molar-refractivity contribution in [3.8, 4) is 0 Å². The lowest BCUT2D eigenvalue weighted by atomic mass is 9.87. The SMILES string of the molecule is CN1C(c2ccc3c(c2)Sc2ccccc2N3c2ccc(C(C)(C)C)cc2)=NSC1c1ccc2c(c1)Sc1ccccc1N2c1ccc(C(C)(C)C)cc1. The van der Waals surface area contributed by atoms with Crippen LogP contribution in [0.15, 0.2) is 157 Å². The largest absolute Gasteiger partial charge is 0.341 e. The molecule has 3 aliphatic heterocycles. The molecule has 1 unspecified atom stereocenters. The number of fused-ring (bicyclic) bond motifs is 4. The van der Waals surface area contributed by atoms with E-state index in [1.54, 1.807) is 11.9 Å². The predicted molar refractivity (Wildman–Crippen MR) is 233 cm³/mol. The predicted octanol–water partition coefficient (Wildman–Crippen LogP) is 14.2. The summed E-state index contributed by atoms with van der Waals surface area (Å²) >= 11 is 5.34. The summed E-state index contributed by atoms with van der Waals surface area (Å²) in [4.78, 5) is 12.2. The summed E-state index contributed by atoms with van der Waals surface area (Å²) in [6.07, 6.45) is 0. The van der Waals surface area contributed by atoms with Gasteiger partial charge in [-0.05, 0) is 106 Å². The lowest BCUT2D eigenvalue weighted by Gasteiger charge is -2.34. The Morgan fingerprint density at radius 3 is 1.48 bits per heavy atom. The van der Waals surface area contributed by atoms with Crippen LogP contribution in [-0.4, -0.2) is 17.8 Å². The molecule has 0 N–H and O–H groups in total. The Bertz CT molecular complexity index is 2420. The summed E-state index contributed by atoms with van der Waals surface area (Å²) in [6, 6.07) is 49.4. The van der Waals surface area contributed by atoms with Gasteiger partial charge in [0, 0.05) is 55.5 Å². The van der Waals surface area contributed by atoms with Crippen molar-refractivity contribution in [1.82, 2.24) is 4.90 Å². The number of nitrogens with zero attached hydrogens (tertiary/aromatic N) is 4. The van der Waals surface area contributed by atoms with E-state index >= 15 is 0 Å². The van der Waals surface area contributed by atoms with Gasteiger partial charge in [-0.1, -0.05) is 120 Å². The second-order valence-corrected chi connectivity index (χ2v) is 19.3. The average molecular weight is 761 g/mol. The molecule has 6 aromatic carbocycles. The van der Waals surface area contributed by atoms with Gasteiger partial charge in [0.2, 0.25) is 0 Å². The smallest absolute Gasteiger partial charge is 0.145 e. The van der Waals surface area contributed by atoms with E-state index in [2.05, 4.69) is 197 Å². The van der Waals surface area contributed by atoms with Gasteiger partial charge in [-0.25, -0.2) is 0 Å². The molecular weight excluding hydrogens is 717 g/mol. The molecule has 4 nitrogen and oxygen atoms in total. The van der Waals surface area contributed by atoms with Crippen molar-refractivity contribution in [3.05, 3.63) is 156 Å². The molecule has 6 aromatic rings. The Balaban J connectivity index is 1.01. The Hall–Kier alpha value is -4.56. The van der Waals surface area contributed by atoms with Crippen LogP contribution in [0.3, 0.4) is 0 Å². The van der Waals surface area contributed by atoms with Crippen LogP contribution in [0.2, 0.25) is 0 Å². The zero-order valence-corrected chi connectivity index (χ0v) is 34.2. The van der Waals surface area contributed by atoms with Crippen LogP contribution in [0.5, 0.6) is 0 Å². The number of benzene rings is 6. The van der Waals surface area contributed by atoms with Crippen LogP contribution in [0.4, 0.5) is 34.1 Å². The van der Waals surface area contributed by atoms with Crippen LogP contribution in [0.25, 0.3) is 0 Å². The quantitative estimate of drug-likeness (QED) is 0.165. The second-order valence-electron chi connectivity index (χ2n) is 16.3. The molecule has 3 aliphatic rings. The first-order valence-corrected chi connectivity index (χ1v) is 21.0. The number of para-hydroxylation sites is 2. The van der Waals surface area contributed by atoms with E-state index < -0.39 is 0 Å². The fraction of sp³-hybridized carbons (Fsp3) is 0.213. The molecule has 0 spiro atoms. The molecule has 0 saturated carbocycles. The highest BCUT2D eigenvalue weighted by Crippen LogP contribution is 2.54. The topological polar surface area (TPSA) is 22.1 Å². The minimum absolute atomic E-state index is 0.0739. The number of hydrogen-bond acceptors (Lipinski definition) is 7. The maximum absolute atomic E-state index is 5.11. The Morgan fingerprint density at radius 1 is 0.500 bits per heavy atom.